The summed E-state index contributed by atoms with van der Waals surface area (Å²) in [5.41, 5.74) is 0.460. The van der Waals surface area contributed by atoms with Crippen LogP contribution in [0.15, 0.2) is 52.0 Å². The minimum atomic E-state index is -0.487. The van der Waals surface area contributed by atoms with Crippen LogP contribution in [0.25, 0.3) is 10.2 Å². The number of thioether (sulfide) groups is 1. The van der Waals surface area contributed by atoms with Crippen molar-refractivity contribution in [2.75, 3.05) is 18.2 Å². The van der Waals surface area contributed by atoms with Crippen molar-refractivity contribution in [3.63, 3.8) is 0 Å². The third-order valence-corrected chi connectivity index (χ3v) is 5.92. The molecule has 2 heterocycles. The second-order valence-corrected chi connectivity index (χ2v) is 7.91. The number of hydrogen-bond acceptors (Lipinski definition) is 6. The van der Waals surface area contributed by atoms with E-state index in [-0.39, 0.29) is 11.7 Å². The van der Waals surface area contributed by atoms with Gasteiger partial charge in [-0.05, 0) is 36.4 Å². The fraction of sp³-hybridized carbons (Fsp3) is 0.118. The van der Waals surface area contributed by atoms with Crippen LogP contribution < -0.4 is 5.32 Å². The van der Waals surface area contributed by atoms with E-state index in [1.165, 1.54) is 30.2 Å². The van der Waals surface area contributed by atoms with Crippen LogP contribution in [0.3, 0.4) is 0 Å². The van der Waals surface area contributed by atoms with Crippen molar-refractivity contribution in [2.24, 2.45) is 0 Å². The average Bonchev–Trinajstić information content (AvgIpc) is 2.99. The largest absolute Gasteiger partial charge is 0.465 e. The van der Waals surface area contributed by atoms with Gasteiger partial charge in [0, 0.05) is 21.0 Å². The fourth-order valence-electron chi connectivity index (χ4n) is 2.15. The Hall–Kier alpha value is -1.90. The van der Waals surface area contributed by atoms with Crippen LogP contribution in [0.1, 0.15) is 9.67 Å². The number of fused-ring (bicyclic) bond motifs is 1. The number of esters is 1. The molecule has 0 bridgehead atoms. The highest BCUT2D eigenvalue weighted by atomic mass is 79.9. The molecule has 0 aliphatic carbocycles. The van der Waals surface area contributed by atoms with Gasteiger partial charge in [0.25, 0.3) is 0 Å². The second-order valence-electron chi connectivity index (χ2n) is 4.94. The van der Waals surface area contributed by atoms with Crippen molar-refractivity contribution in [2.45, 2.75) is 4.90 Å². The summed E-state index contributed by atoms with van der Waals surface area (Å²) in [6.07, 6.45) is 1.65. The van der Waals surface area contributed by atoms with Gasteiger partial charge in [0.1, 0.15) is 9.71 Å². The van der Waals surface area contributed by atoms with E-state index >= 15 is 0 Å². The number of amides is 1. The van der Waals surface area contributed by atoms with E-state index in [4.69, 9.17) is 4.74 Å². The first-order chi connectivity index (χ1) is 12.1. The maximum absolute atomic E-state index is 12.3. The predicted octanol–water partition coefficient (Wildman–Crippen LogP) is 4.58. The first-order valence-corrected chi connectivity index (χ1v) is 9.82. The first-order valence-electron chi connectivity index (χ1n) is 7.22. The number of hydrogen-bond donors (Lipinski definition) is 1. The Balaban J connectivity index is 1.78. The van der Waals surface area contributed by atoms with E-state index in [9.17, 15) is 9.59 Å². The van der Waals surface area contributed by atoms with Crippen LogP contribution in [0.5, 0.6) is 0 Å². The van der Waals surface area contributed by atoms with Crippen LogP contribution in [-0.4, -0.2) is 29.7 Å². The molecule has 0 radical (unpaired) electrons. The van der Waals surface area contributed by atoms with Crippen molar-refractivity contribution in [1.29, 1.82) is 0 Å². The molecule has 0 spiro atoms. The molecule has 1 N–H and O–H groups in total. The molecule has 1 amide bonds. The number of benzene rings is 1. The normalized spacial score (nSPS) is 10.6. The molecule has 8 heteroatoms. The lowest BCUT2D eigenvalue weighted by Gasteiger charge is -2.07. The van der Waals surface area contributed by atoms with E-state index in [0.29, 0.717) is 15.4 Å². The summed E-state index contributed by atoms with van der Waals surface area (Å²) in [5.74, 6) is -0.444. The number of halogens is 1. The fourth-order valence-corrected chi connectivity index (χ4v) is 4.13. The van der Waals surface area contributed by atoms with Crippen molar-refractivity contribution in [3.05, 3.63) is 51.9 Å². The molecule has 0 fully saturated rings. The molecule has 3 rings (SSSR count). The molecular formula is C17H13BrN2O3S2. The summed E-state index contributed by atoms with van der Waals surface area (Å²) in [7, 11) is 1.31. The van der Waals surface area contributed by atoms with Gasteiger partial charge in [-0.2, -0.15) is 0 Å². The number of ether oxygens (including phenoxy) is 1. The summed E-state index contributed by atoms with van der Waals surface area (Å²) < 4.78 is 5.80. The third kappa shape index (κ3) is 4.20. The van der Waals surface area contributed by atoms with Crippen LogP contribution in [0.4, 0.5) is 5.69 Å². The summed E-state index contributed by atoms with van der Waals surface area (Å²) in [5, 5.41) is 3.56. The highest BCUT2D eigenvalue weighted by Gasteiger charge is 2.21. The van der Waals surface area contributed by atoms with Gasteiger partial charge in [-0.1, -0.05) is 15.9 Å². The number of methoxy groups -OCH3 is 1. The number of pyridine rings is 1. The second kappa shape index (κ2) is 7.99. The van der Waals surface area contributed by atoms with Crippen molar-refractivity contribution >= 4 is 66.8 Å². The third-order valence-electron chi connectivity index (χ3n) is 3.29. The zero-order chi connectivity index (χ0) is 17.8. The number of thiophene rings is 1. The zero-order valence-corrected chi connectivity index (χ0v) is 16.3. The highest BCUT2D eigenvalue weighted by molar-refractivity contribution is 9.10. The Labute approximate surface area is 160 Å². The number of carbonyl (C=O) groups excluding carboxylic acids is 2. The van der Waals surface area contributed by atoms with E-state index in [1.807, 2.05) is 30.3 Å². The van der Waals surface area contributed by atoms with E-state index in [0.717, 1.165) is 14.8 Å². The van der Waals surface area contributed by atoms with Crippen LogP contribution >= 0.6 is 39.0 Å². The minimum Gasteiger partial charge on any atom is -0.465 e. The summed E-state index contributed by atoms with van der Waals surface area (Å²) in [6.45, 7) is 0. The van der Waals surface area contributed by atoms with Crippen molar-refractivity contribution < 1.29 is 14.3 Å². The molecule has 0 aliphatic heterocycles. The molecule has 0 unspecified atom stereocenters. The highest BCUT2D eigenvalue weighted by Crippen LogP contribution is 2.35. The number of carbonyl (C=O) groups is 2. The molecule has 1 aromatic carbocycles. The molecule has 128 valence electrons. The molecule has 0 saturated carbocycles. The zero-order valence-electron chi connectivity index (χ0n) is 13.1. The van der Waals surface area contributed by atoms with Crippen LogP contribution in [0.2, 0.25) is 0 Å². The maximum atomic E-state index is 12.3. The van der Waals surface area contributed by atoms with Gasteiger partial charge < -0.3 is 10.1 Å². The minimum absolute atomic E-state index is 0.193. The number of aromatic nitrogens is 1. The van der Waals surface area contributed by atoms with Gasteiger partial charge in [0.05, 0.1) is 18.6 Å². The number of nitrogens with one attached hydrogen (secondary N) is 1. The summed E-state index contributed by atoms with van der Waals surface area (Å²) in [6, 6.07) is 11.3. The number of anilines is 1. The standard InChI is InChI=1S/C17H13BrN2O3S2/c1-23-17(22)15-14(12-3-2-8-19-16(12)25-15)20-13(21)9-24-11-6-4-10(18)5-7-11/h2-8H,9H2,1H3,(H,20,21). The van der Waals surface area contributed by atoms with E-state index in [2.05, 4.69) is 26.2 Å². The van der Waals surface area contributed by atoms with Crippen molar-refractivity contribution in [1.82, 2.24) is 4.98 Å². The molecule has 5 nitrogen and oxygen atoms in total. The van der Waals surface area contributed by atoms with Gasteiger partial charge in [-0.3, -0.25) is 4.79 Å². The van der Waals surface area contributed by atoms with Gasteiger partial charge in [0.2, 0.25) is 5.91 Å². The lowest BCUT2D eigenvalue weighted by molar-refractivity contribution is -0.113. The summed E-state index contributed by atoms with van der Waals surface area (Å²) >= 11 is 6.00. The van der Waals surface area contributed by atoms with Gasteiger partial charge in [-0.25, -0.2) is 9.78 Å². The number of nitrogens with zero attached hydrogens (tertiary/aromatic N) is 1. The number of rotatable bonds is 5. The molecule has 3 aromatic rings. The maximum Gasteiger partial charge on any atom is 0.350 e. The van der Waals surface area contributed by atoms with Crippen LogP contribution in [-0.2, 0) is 9.53 Å². The SMILES string of the molecule is COC(=O)c1sc2ncccc2c1NC(=O)CSc1ccc(Br)cc1. The quantitative estimate of drug-likeness (QED) is 0.468. The Morgan fingerprint density at radius 3 is 2.76 bits per heavy atom. The first kappa shape index (κ1) is 17.9. The monoisotopic (exact) mass is 436 g/mol. The molecule has 0 saturated heterocycles. The summed E-state index contributed by atoms with van der Waals surface area (Å²) in [4.78, 5) is 30.6. The topological polar surface area (TPSA) is 68.3 Å². The molecule has 2 aromatic heterocycles. The molecular weight excluding hydrogens is 424 g/mol. The van der Waals surface area contributed by atoms with E-state index < -0.39 is 5.97 Å². The van der Waals surface area contributed by atoms with E-state index in [1.54, 1.807) is 12.3 Å². The predicted molar refractivity (Wildman–Crippen MR) is 104 cm³/mol. The van der Waals surface area contributed by atoms with Crippen molar-refractivity contribution in [3.8, 4) is 0 Å². The van der Waals surface area contributed by atoms with Gasteiger partial charge in [0.15, 0.2) is 0 Å². The smallest absolute Gasteiger partial charge is 0.350 e. The molecule has 0 atom stereocenters. The Morgan fingerprint density at radius 1 is 1.28 bits per heavy atom. The van der Waals surface area contributed by atoms with Crippen LogP contribution in [0, 0.1) is 0 Å². The van der Waals surface area contributed by atoms with Gasteiger partial charge in [-0.15, -0.1) is 23.1 Å². The van der Waals surface area contributed by atoms with Gasteiger partial charge >= 0.3 is 5.97 Å². The Kier molecular flexibility index (Phi) is 5.72. The lowest BCUT2D eigenvalue weighted by atomic mass is 10.2. The lowest BCUT2D eigenvalue weighted by Crippen LogP contribution is -2.16. The Morgan fingerprint density at radius 2 is 2.04 bits per heavy atom. The molecule has 25 heavy (non-hydrogen) atoms. The Bertz CT molecular complexity index is 925. The molecule has 0 aliphatic rings. The average molecular weight is 437 g/mol.